The van der Waals surface area contributed by atoms with Gasteiger partial charge in [0.2, 0.25) is 11.8 Å². The Labute approximate surface area is 251 Å². The summed E-state index contributed by atoms with van der Waals surface area (Å²) >= 11 is 0. The summed E-state index contributed by atoms with van der Waals surface area (Å²) in [5.74, 6) is -0.111. The maximum Gasteiger partial charge on any atom is 0.247 e. The van der Waals surface area contributed by atoms with Gasteiger partial charge in [-0.1, -0.05) is 76.5 Å². The summed E-state index contributed by atoms with van der Waals surface area (Å²) in [7, 11) is 0. The molecule has 0 aromatic heterocycles. The van der Waals surface area contributed by atoms with E-state index in [-0.39, 0.29) is 25.0 Å². The fourth-order valence-electron chi connectivity index (χ4n) is 6.44. The average Bonchev–Trinajstić information content (AvgIpc) is 3.41. The zero-order chi connectivity index (χ0) is 29.7. The fourth-order valence-corrected chi connectivity index (χ4v) is 6.44. The van der Waals surface area contributed by atoms with Crippen molar-refractivity contribution in [3.63, 3.8) is 0 Å². The van der Waals surface area contributed by atoms with E-state index in [0.717, 1.165) is 37.9 Å². The van der Waals surface area contributed by atoms with Gasteiger partial charge in [0.05, 0.1) is 31.8 Å². The zero-order valence-electron chi connectivity index (χ0n) is 25.3. The smallest absolute Gasteiger partial charge is 0.247 e. The molecule has 1 aromatic carbocycles. The van der Waals surface area contributed by atoms with Crippen LogP contribution < -0.4 is 10.1 Å². The molecule has 0 bridgehead atoms. The number of nitrogens with zero attached hydrogens (tertiary/aromatic N) is 2. The number of ether oxygens (including phenoxy) is 2. The fraction of sp³-hybridized carbons (Fsp3) is 0.697. The summed E-state index contributed by atoms with van der Waals surface area (Å²) < 4.78 is 11.7. The highest BCUT2D eigenvalue weighted by Crippen LogP contribution is 2.47. The SMILES string of the molecule is CCCCCCCCCCCC(=O)N(CCN1CCOCC1)C1C=C(C(=O)NCCO)C2c3ccccc3OC2C1O. The molecular weight excluding hydrogens is 534 g/mol. The summed E-state index contributed by atoms with van der Waals surface area (Å²) in [5, 5.41) is 23.8. The van der Waals surface area contributed by atoms with E-state index < -0.39 is 24.2 Å². The van der Waals surface area contributed by atoms with Crippen LogP contribution in [0, 0.1) is 0 Å². The molecule has 9 nitrogen and oxygen atoms in total. The molecule has 1 aliphatic carbocycles. The second kappa shape index (κ2) is 17.0. The first-order valence-corrected chi connectivity index (χ1v) is 16.2. The van der Waals surface area contributed by atoms with Crippen molar-refractivity contribution in [2.24, 2.45) is 0 Å². The number of carbonyl (C=O) groups is 2. The number of aliphatic hydroxyl groups excluding tert-OH is 2. The lowest BCUT2D eigenvalue weighted by Crippen LogP contribution is -2.57. The van der Waals surface area contributed by atoms with Crippen LogP contribution in [0.3, 0.4) is 0 Å². The van der Waals surface area contributed by atoms with Crippen LogP contribution in [-0.2, 0) is 14.3 Å². The Morgan fingerprint density at radius 1 is 1.02 bits per heavy atom. The third-order valence-electron chi connectivity index (χ3n) is 8.81. The van der Waals surface area contributed by atoms with Crippen molar-refractivity contribution in [2.45, 2.75) is 95.3 Å². The zero-order valence-corrected chi connectivity index (χ0v) is 25.3. The first-order chi connectivity index (χ1) is 20.5. The van der Waals surface area contributed by atoms with Gasteiger partial charge in [0.15, 0.2) is 0 Å². The van der Waals surface area contributed by atoms with Gasteiger partial charge in [0.25, 0.3) is 0 Å². The molecule has 0 saturated carbocycles. The maximum atomic E-state index is 13.8. The van der Waals surface area contributed by atoms with Gasteiger partial charge in [0, 0.05) is 50.3 Å². The predicted molar refractivity (Wildman–Crippen MR) is 162 cm³/mol. The van der Waals surface area contributed by atoms with Gasteiger partial charge in [-0.2, -0.15) is 0 Å². The molecule has 0 radical (unpaired) electrons. The number of hydrogen-bond donors (Lipinski definition) is 3. The summed E-state index contributed by atoms with van der Waals surface area (Å²) in [5.41, 5.74) is 1.33. The highest BCUT2D eigenvalue weighted by Gasteiger charge is 2.50. The van der Waals surface area contributed by atoms with E-state index in [1.54, 1.807) is 11.0 Å². The molecule has 1 aromatic rings. The molecule has 2 amide bonds. The number of rotatable bonds is 17. The van der Waals surface area contributed by atoms with Crippen LogP contribution >= 0.6 is 0 Å². The standard InChI is InChI=1S/C33H51N3O6/c1-2-3-4-5-6-7-8-9-10-15-29(38)36(18-17-35-19-22-41-23-20-35)27-24-26(33(40)34-16-21-37)30-25-13-11-12-14-28(25)42-32(30)31(27)39/h11-14,24,27,30-32,37,39H,2-10,15-23H2,1H3,(H,34,40). The van der Waals surface area contributed by atoms with Crippen LogP contribution in [0.2, 0.25) is 0 Å². The highest BCUT2D eigenvalue weighted by atomic mass is 16.5. The summed E-state index contributed by atoms with van der Waals surface area (Å²) in [6.07, 6.45) is 11.1. The molecule has 4 unspecified atom stereocenters. The number of benzene rings is 1. The first kappa shape index (κ1) is 32.5. The largest absolute Gasteiger partial charge is 0.486 e. The van der Waals surface area contributed by atoms with Gasteiger partial charge >= 0.3 is 0 Å². The molecular formula is C33H51N3O6. The second-order valence-corrected chi connectivity index (χ2v) is 11.8. The van der Waals surface area contributed by atoms with E-state index in [1.165, 1.54) is 38.5 Å². The van der Waals surface area contributed by atoms with Crippen LogP contribution in [0.4, 0.5) is 0 Å². The number of unbranched alkanes of at least 4 members (excludes halogenated alkanes) is 8. The molecule has 4 rings (SSSR count). The van der Waals surface area contributed by atoms with Crippen molar-refractivity contribution in [2.75, 3.05) is 52.5 Å². The van der Waals surface area contributed by atoms with E-state index in [2.05, 4.69) is 17.1 Å². The Kier molecular flexibility index (Phi) is 13.1. The highest BCUT2D eigenvalue weighted by molar-refractivity contribution is 5.96. The van der Waals surface area contributed by atoms with Gasteiger partial charge < -0.3 is 29.9 Å². The molecule has 1 saturated heterocycles. The van der Waals surface area contributed by atoms with Crippen LogP contribution in [0.1, 0.15) is 82.6 Å². The number of hydrogen-bond acceptors (Lipinski definition) is 7. The predicted octanol–water partition coefficient (Wildman–Crippen LogP) is 3.39. The molecule has 9 heteroatoms. The van der Waals surface area contributed by atoms with E-state index in [9.17, 15) is 19.8 Å². The number of fused-ring (bicyclic) bond motifs is 3. The maximum absolute atomic E-state index is 13.8. The first-order valence-electron chi connectivity index (χ1n) is 16.2. The third-order valence-corrected chi connectivity index (χ3v) is 8.81. The van der Waals surface area contributed by atoms with Gasteiger partial charge in [0.1, 0.15) is 18.0 Å². The van der Waals surface area contributed by atoms with Crippen LogP contribution in [0.15, 0.2) is 35.9 Å². The number of amides is 2. The molecule has 3 aliphatic rings. The topological polar surface area (TPSA) is 112 Å². The Bertz CT molecular complexity index is 1030. The van der Waals surface area contributed by atoms with E-state index >= 15 is 0 Å². The Morgan fingerprint density at radius 3 is 2.43 bits per heavy atom. The number of aliphatic hydroxyl groups is 2. The second-order valence-electron chi connectivity index (χ2n) is 11.8. The molecule has 3 N–H and O–H groups in total. The minimum absolute atomic E-state index is 0.00409. The molecule has 2 heterocycles. The lowest BCUT2D eigenvalue weighted by atomic mass is 9.77. The monoisotopic (exact) mass is 585 g/mol. The summed E-state index contributed by atoms with van der Waals surface area (Å²) in [4.78, 5) is 31.2. The third kappa shape index (κ3) is 8.56. The number of morpholine rings is 1. The molecule has 234 valence electrons. The normalized spacial score (nSPS) is 23.5. The van der Waals surface area contributed by atoms with Crippen molar-refractivity contribution in [3.05, 3.63) is 41.5 Å². The average molecular weight is 586 g/mol. The van der Waals surface area contributed by atoms with Gasteiger partial charge in [-0.05, 0) is 18.6 Å². The quantitative estimate of drug-likeness (QED) is 0.240. The molecule has 0 spiro atoms. The van der Waals surface area contributed by atoms with Crippen molar-refractivity contribution in [3.8, 4) is 5.75 Å². The minimum Gasteiger partial charge on any atom is -0.486 e. The summed E-state index contributed by atoms with van der Waals surface area (Å²) in [6.45, 7) is 6.26. The van der Waals surface area contributed by atoms with Crippen LogP contribution in [-0.4, -0.2) is 103 Å². The van der Waals surface area contributed by atoms with Gasteiger partial charge in [-0.25, -0.2) is 0 Å². The minimum atomic E-state index is -0.992. The van der Waals surface area contributed by atoms with Crippen LogP contribution in [0.25, 0.3) is 0 Å². The Balaban J connectivity index is 1.48. The Hall–Kier alpha value is -2.46. The molecule has 4 atom stereocenters. The van der Waals surface area contributed by atoms with E-state index in [0.29, 0.717) is 44.0 Å². The van der Waals surface area contributed by atoms with Gasteiger partial charge in [-0.3, -0.25) is 14.5 Å². The van der Waals surface area contributed by atoms with Gasteiger partial charge in [-0.15, -0.1) is 0 Å². The van der Waals surface area contributed by atoms with E-state index in [1.807, 2.05) is 24.3 Å². The van der Waals surface area contributed by atoms with Crippen molar-refractivity contribution >= 4 is 11.8 Å². The lowest BCUT2D eigenvalue weighted by molar-refractivity contribution is -0.137. The lowest BCUT2D eigenvalue weighted by Gasteiger charge is -2.41. The number of carbonyl (C=O) groups excluding carboxylic acids is 2. The van der Waals surface area contributed by atoms with Crippen molar-refractivity contribution < 1.29 is 29.3 Å². The molecule has 42 heavy (non-hydrogen) atoms. The van der Waals surface area contributed by atoms with Crippen LogP contribution in [0.5, 0.6) is 5.75 Å². The van der Waals surface area contributed by atoms with Crippen molar-refractivity contribution in [1.82, 2.24) is 15.1 Å². The number of para-hydroxylation sites is 1. The molecule has 2 aliphatic heterocycles. The Morgan fingerprint density at radius 2 is 1.71 bits per heavy atom. The van der Waals surface area contributed by atoms with Crippen molar-refractivity contribution in [1.29, 1.82) is 0 Å². The molecule has 1 fully saturated rings. The van der Waals surface area contributed by atoms with E-state index in [4.69, 9.17) is 9.47 Å². The summed E-state index contributed by atoms with van der Waals surface area (Å²) in [6, 6.07) is 6.85. The number of nitrogens with one attached hydrogen (secondary N) is 1.